The number of anilines is 1. The third-order valence-corrected chi connectivity index (χ3v) is 1.86. The van der Waals surface area contributed by atoms with E-state index in [2.05, 4.69) is 5.32 Å². The van der Waals surface area contributed by atoms with E-state index < -0.39 is 5.91 Å². The number of nitrogens with two attached hydrogens (primary N) is 1. The standard InChI is InChI=1S/C10H13FN2O2/c1-15-7-2-3-8(11)9(6-7)13-5-4-10(12)14/h2-3,6,13H,4-5H2,1H3,(H2,12,14). The molecular weight excluding hydrogens is 199 g/mol. The molecule has 0 saturated heterocycles. The minimum Gasteiger partial charge on any atom is -0.497 e. The van der Waals surface area contributed by atoms with Crippen molar-refractivity contribution < 1.29 is 13.9 Å². The molecule has 0 aliphatic rings. The van der Waals surface area contributed by atoms with Gasteiger partial charge in [0.1, 0.15) is 11.6 Å². The van der Waals surface area contributed by atoms with E-state index in [4.69, 9.17) is 10.5 Å². The van der Waals surface area contributed by atoms with Gasteiger partial charge in [0.15, 0.2) is 0 Å². The van der Waals surface area contributed by atoms with Crippen molar-refractivity contribution in [3.8, 4) is 5.75 Å². The van der Waals surface area contributed by atoms with Crippen LogP contribution in [0, 0.1) is 5.82 Å². The number of carbonyl (C=O) groups excluding carboxylic acids is 1. The maximum Gasteiger partial charge on any atom is 0.219 e. The molecule has 0 radical (unpaired) electrons. The molecule has 0 spiro atoms. The Kier molecular flexibility index (Phi) is 3.91. The van der Waals surface area contributed by atoms with Crippen LogP contribution in [0.5, 0.6) is 5.75 Å². The van der Waals surface area contributed by atoms with Gasteiger partial charge in [-0.1, -0.05) is 0 Å². The lowest BCUT2D eigenvalue weighted by Gasteiger charge is -2.08. The fraction of sp³-hybridized carbons (Fsp3) is 0.300. The fourth-order valence-corrected chi connectivity index (χ4v) is 1.09. The summed E-state index contributed by atoms with van der Waals surface area (Å²) in [5.74, 6) is -0.260. The lowest BCUT2D eigenvalue weighted by atomic mass is 10.2. The lowest BCUT2D eigenvalue weighted by Crippen LogP contribution is -2.16. The number of methoxy groups -OCH3 is 1. The van der Waals surface area contributed by atoms with E-state index in [9.17, 15) is 9.18 Å². The Hall–Kier alpha value is -1.78. The quantitative estimate of drug-likeness (QED) is 0.768. The first-order valence-corrected chi connectivity index (χ1v) is 4.49. The van der Waals surface area contributed by atoms with Crippen molar-refractivity contribution in [3.63, 3.8) is 0 Å². The van der Waals surface area contributed by atoms with Crippen LogP contribution in [0.1, 0.15) is 6.42 Å². The largest absolute Gasteiger partial charge is 0.497 e. The van der Waals surface area contributed by atoms with Gasteiger partial charge in [-0.05, 0) is 12.1 Å². The van der Waals surface area contributed by atoms with Crippen LogP contribution >= 0.6 is 0 Å². The van der Waals surface area contributed by atoms with E-state index >= 15 is 0 Å². The summed E-state index contributed by atoms with van der Waals surface area (Å²) < 4.78 is 18.1. The molecule has 1 aromatic carbocycles. The molecule has 0 atom stereocenters. The normalized spacial score (nSPS) is 9.73. The summed E-state index contributed by atoms with van der Waals surface area (Å²) in [5.41, 5.74) is 5.25. The molecule has 1 amide bonds. The van der Waals surface area contributed by atoms with Crippen molar-refractivity contribution >= 4 is 11.6 Å². The van der Waals surface area contributed by atoms with E-state index in [0.29, 0.717) is 18.0 Å². The van der Waals surface area contributed by atoms with Crippen molar-refractivity contribution in [2.45, 2.75) is 6.42 Å². The van der Waals surface area contributed by atoms with Gasteiger partial charge in [-0.25, -0.2) is 4.39 Å². The number of carbonyl (C=O) groups is 1. The van der Waals surface area contributed by atoms with Gasteiger partial charge >= 0.3 is 0 Å². The average molecular weight is 212 g/mol. The highest BCUT2D eigenvalue weighted by Crippen LogP contribution is 2.20. The van der Waals surface area contributed by atoms with Gasteiger partial charge in [0, 0.05) is 19.0 Å². The number of benzene rings is 1. The highest BCUT2D eigenvalue weighted by molar-refractivity contribution is 5.74. The van der Waals surface area contributed by atoms with Crippen molar-refractivity contribution in [1.29, 1.82) is 0 Å². The van der Waals surface area contributed by atoms with Crippen LogP contribution in [0.25, 0.3) is 0 Å². The van der Waals surface area contributed by atoms with E-state index in [0.717, 1.165) is 0 Å². The molecule has 0 fully saturated rings. The number of amides is 1. The summed E-state index contributed by atoms with van der Waals surface area (Å²) in [7, 11) is 1.50. The second-order valence-corrected chi connectivity index (χ2v) is 2.99. The molecule has 1 rings (SSSR count). The molecule has 0 heterocycles. The second kappa shape index (κ2) is 5.19. The van der Waals surface area contributed by atoms with Crippen LogP contribution < -0.4 is 15.8 Å². The van der Waals surface area contributed by atoms with Crippen LogP contribution in [-0.2, 0) is 4.79 Å². The molecule has 0 aliphatic carbocycles. The predicted molar refractivity (Wildman–Crippen MR) is 55.3 cm³/mol. The van der Waals surface area contributed by atoms with Crippen molar-refractivity contribution in [1.82, 2.24) is 0 Å². The number of rotatable bonds is 5. The summed E-state index contributed by atoms with van der Waals surface area (Å²) in [6, 6.07) is 4.34. The monoisotopic (exact) mass is 212 g/mol. The molecule has 1 aromatic rings. The first-order chi connectivity index (χ1) is 7.13. The lowest BCUT2D eigenvalue weighted by molar-refractivity contribution is -0.117. The Morgan fingerprint density at radius 1 is 1.60 bits per heavy atom. The molecular formula is C10H13FN2O2. The van der Waals surface area contributed by atoms with E-state index in [1.165, 1.54) is 25.3 Å². The van der Waals surface area contributed by atoms with Crippen molar-refractivity contribution in [3.05, 3.63) is 24.0 Å². The van der Waals surface area contributed by atoms with Gasteiger partial charge in [-0.3, -0.25) is 4.79 Å². The SMILES string of the molecule is COc1ccc(F)c(NCCC(N)=O)c1. The Bertz CT molecular complexity index is 355. The molecule has 0 aliphatic heterocycles. The predicted octanol–water partition coefficient (Wildman–Crippen LogP) is 1.12. The first kappa shape index (κ1) is 11.3. The van der Waals surface area contributed by atoms with E-state index in [1.807, 2.05) is 0 Å². The number of hydrogen-bond donors (Lipinski definition) is 2. The average Bonchev–Trinajstić information content (AvgIpc) is 2.20. The van der Waals surface area contributed by atoms with Crippen LogP contribution in [-0.4, -0.2) is 19.6 Å². The number of halogens is 1. The minimum atomic E-state index is -0.425. The zero-order valence-electron chi connectivity index (χ0n) is 8.42. The summed E-state index contributed by atoms with van der Waals surface area (Å²) in [6.45, 7) is 0.305. The Morgan fingerprint density at radius 3 is 2.93 bits per heavy atom. The molecule has 82 valence electrons. The number of hydrogen-bond acceptors (Lipinski definition) is 3. The molecule has 0 unspecified atom stereocenters. The first-order valence-electron chi connectivity index (χ1n) is 4.49. The van der Waals surface area contributed by atoms with Gasteiger partial charge < -0.3 is 15.8 Å². The van der Waals surface area contributed by atoms with Crippen LogP contribution in [0.4, 0.5) is 10.1 Å². The molecule has 4 nitrogen and oxygen atoms in total. The summed E-state index contributed by atoms with van der Waals surface area (Å²) in [6.07, 6.45) is 0.163. The van der Waals surface area contributed by atoms with Crippen LogP contribution in [0.15, 0.2) is 18.2 Å². The van der Waals surface area contributed by atoms with Gasteiger partial charge in [-0.2, -0.15) is 0 Å². The maximum absolute atomic E-state index is 13.2. The molecule has 0 saturated carbocycles. The maximum atomic E-state index is 13.2. The van der Waals surface area contributed by atoms with E-state index in [1.54, 1.807) is 0 Å². The minimum absolute atomic E-state index is 0.163. The van der Waals surface area contributed by atoms with Gasteiger partial charge in [0.05, 0.1) is 12.8 Å². The number of primary amides is 1. The molecule has 0 aromatic heterocycles. The zero-order valence-corrected chi connectivity index (χ0v) is 8.42. The second-order valence-electron chi connectivity index (χ2n) is 2.99. The van der Waals surface area contributed by atoms with Gasteiger partial charge in [-0.15, -0.1) is 0 Å². The third kappa shape index (κ3) is 3.46. The fourth-order valence-electron chi connectivity index (χ4n) is 1.09. The van der Waals surface area contributed by atoms with Gasteiger partial charge in [0.2, 0.25) is 5.91 Å². The smallest absolute Gasteiger partial charge is 0.219 e. The Balaban J connectivity index is 2.62. The van der Waals surface area contributed by atoms with Crippen LogP contribution in [0.2, 0.25) is 0 Å². The summed E-state index contributed by atoms with van der Waals surface area (Å²) in [4.78, 5) is 10.5. The van der Waals surface area contributed by atoms with E-state index in [-0.39, 0.29) is 12.2 Å². The Labute approximate surface area is 87.2 Å². The third-order valence-electron chi connectivity index (χ3n) is 1.86. The molecule has 5 heteroatoms. The topological polar surface area (TPSA) is 64.3 Å². The summed E-state index contributed by atoms with van der Waals surface area (Å²) >= 11 is 0. The van der Waals surface area contributed by atoms with Gasteiger partial charge in [0.25, 0.3) is 0 Å². The number of nitrogens with one attached hydrogen (secondary N) is 1. The van der Waals surface area contributed by atoms with Crippen molar-refractivity contribution in [2.24, 2.45) is 5.73 Å². The molecule has 15 heavy (non-hydrogen) atoms. The number of ether oxygens (including phenoxy) is 1. The molecule has 0 bridgehead atoms. The highest BCUT2D eigenvalue weighted by Gasteiger charge is 2.03. The zero-order chi connectivity index (χ0) is 11.3. The Morgan fingerprint density at radius 2 is 2.33 bits per heavy atom. The van der Waals surface area contributed by atoms with Crippen LogP contribution in [0.3, 0.4) is 0 Å². The molecule has 3 N–H and O–H groups in total. The van der Waals surface area contributed by atoms with Crippen molar-refractivity contribution in [2.75, 3.05) is 19.0 Å². The summed E-state index contributed by atoms with van der Waals surface area (Å²) in [5, 5.41) is 2.76. The highest BCUT2D eigenvalue weighted by atomic mass is 19.1.